The van der Waals surface area contributed by atoms with Gasteiger partial charge in [0.1, 0.15) is 35.7 Å². The lowest BCUT2D eigenvalue weighted by atomic mass is 9.64. The van der Waals surface area contributed by atoms with Gasteiger partial charge in [0, 0.05) is 12.5 Å². The fourth-order valence-corrected chi connectivity index (χ4v) is 3.65. The number of carbonyl (C=O) groups excluding carboxylic acids is 1. The molecule has 35 heavy (non-hydrogen) atoms. The summed E-state index contributed by atoms with van der Waals surface area (Å²) < 4.78 is 11.4. The summed E-state index contributed by atoms with van der Waals surface area (Å²) in [5, 5.41) is 13.0. The van der Waals surface area contributed by atoms with Gasteiger partial charge in [0.15, 0.2) is 0 Å². The Labute approximate surface area is 212 Å². The second kappa shape index (κ2) is 13.7. The summed E-state index contributed by atoms with van der Waals surface area (Å²) in [6, 6.07) is 16.5. The Hall–Kier alpha value is -3.10. The minimum absolute atomic E-state index is 0.277. The van der Waals surface area contributed by atoms with E-state index in [-0.39, 0.29) is 12.6 Å². The lowest BCUT2D eigenvalue weighted by Gasteiger charge is -2.18. The molecule has 0 aliphatic rings. The standard InChI is InChI=1S/C26H31BClN3O4/c1-3-4-8-23(31-25-16-24(28)29-18-30-25)26(32)34-14-13-19-6-5-7-20(15-19)17-35-22-11-9-21(10-12-22)27(2)33/h5-7,9-12,15-16,18,23,33H,3-4,8,13-14,17H2,1-2H3,(H,29,30,31)/t23-/m1/s1. The van der Waals surface area contributed by atoms with Gasteiger partial charge in [0.2, 0.25) is 0 Å². The fraction of sp³-hybridized carbons (Fsp3) is 0.346. The van der Waals surface area contributed by atoms with Crippen molar-refractivity contribution in [3.63, 3.8) is 0 Å². The lowest BCUT2D eigenvalue weighted by Crippen LogP contribution is -2.32. The third kappa shape index (κ3) is 8.89. The van der Waals surface area contributed by atoms with E-state index in [0.29, 0.717) is 30.4 Å². The highest BCUT2D eigenvalue weighted by Gasteiger charge is 2.20. The lowest BCUT2D eigenvalue weighted by molar-refractivity contribution is -0.144. The number of carbonyl (C=O) groups is 1. The van der Waals surface area contributed by atoms with E-state index in [1.807, 2.05) is 48.5 Å². The maximum absolute atomic E-state index is 12.7. The van der Waals surface area contributed by atoms with Gasteiger partial charge in [-0.25, -0.2) is 14.8 Å². The number of hydrogen-bond donors (Lipinski definition) is 2. The fourth-order valence-electron chi connectivity index (χ4n) is 3.50. The van der Waals surface area contributed by atoms with E-state index in [0.717, 1.165) is 35.2 Å². The zero-order chi connectivity index (χ0) is 25.0. The number of halogens is 1. The van der Waals surface area contributed by atoms with Crippen molar-refractivity contribution in [2.24, 2.45) is 0 Å². The second-order valence-electron chi connectivity index (χ2n) is 8.34. The van der Waals surface area contributed by atoms with Crippen molar-refractivity contribution in [3.8, 4) is 5.75 Å². The van der Waals surface area contributed by atoms with Gasteiger partial charge in [-0.1, -0.05) is 74.6 Å². The molecule has 0 aliphatic heterocycles. The molecular weight excluding hydrogens is 465 g/mol. The number of nitrogens with zero attached hydrogens (tertiary/aromatic N) is 2. The first-order chi connectivity index (χ1) is 16.9. The van der Waals surface area contributed by atoms with Crippen molar-refractivity contribution >= 4 is 35.8 Å². The maximum atomic E-state index is 12.7. The Morgan fingerprint density at radius 1 is 1.14 bits per heavy atom. The predicted octanol–water partition coefficient (Wildman–Crippen LogP) is 4.29. The van der Waals surface area contributed by atoms with E-state index < -0.39 is 13.0 Å². The molecule has 2 aromatic carbocycles. The molecule has 0 amide bonds. The minimum atomic E-state index is -0.502. The highest BCUT2D eigenvalue weighted by Crippen LogP contribution is 2.15. The molecule has 0 aliphatic carbocycles. The van der Waals surface area contributed by atoms with Crippen molar-refractivity contribution in [1.29, 1.82) is 0 Å². The summed E-state index contributed by atoms with van der Waals surface area (Å²) in [6.07, 6.45) is 4.45. The zero-order valence-electron chi connectivity index (χ0n) is 20.1. The quantitative estimate of drug-likeness (QED) is 0.208. The average Bonchev–Trinajstić information content (AvgIpc) is 2.85. The van der Waals surface area contributed by atoms with Crippen LogP contribution in [0.2, 0.25) is 12.0 Å². The molecular formula is C26H31BClN3O4. The topological polar surface area (TPSA) is 93.6 Å². The Kier molecular flexibility index (Phi) is 10.4. The molecule has 9 heteroatoms. The molecule has 7 nitrogen and oxygen atoms in total. The van der Waals surface area contributed by atoms with Crippen molar-refractivity contribution < 1.29 is 19.3 Å². The Balaban J connectivity index is 1.50. The third-order valence-corrected chi connectivity index (χ3v) is 5.69. The van der Waals surface area contributed by atoms with E-state index in [9.17, 15) is 9.82 Å². The van der Waals surface area contributed by atoms with Crippen molar-refractivity contribution in [2.75, 3.05) is 11.9 Å². The molecule has 0 unspecified atom stereocenters. The van der Waals surface area contributed by atoms with E-state index in [2.05, 4.69) is 22.2 Å². The van der Waals surface area contributed by atoms with Gasteiger partial charge in [-0.3, -0.25) is 0 Å². The van der Waals surface area contributed by atoms with Gasteiger partial charge in [-0.05, 0) is 35.1 Å². The molecule has 0 radical (unpaired) electrons. The Morgan fingerprint density at radius 2 is 1.91 bits per heavy atom. The number of unbranched alkanes of at least 4 members (excludes halogenated alkanes) is 1. The number of rotatable bonds is 13. The van der Waals surface area contributed by atoms with Crippen LogP contribution in [0.25, 0.3) is 0 Å². The van der Waals surface area contributed by atoms with E-state index in [1.165, 1.54) is 6.33 Å². The van der Waals surface area contributed by atoms with Gasteiger partial charge in [0.05, 0.1) is 6.61 Å². The van der Waals surface area contributed by atoms with Crippen molar-refractivity contribution in [2.45, 2.75) is 52.1 Å². The van der Waals surface area contributed by atoms with E-state index in [4.69, 9.17) is 21.1 Å². The van der Waals surface area contributed by atoms with Gasteiger partial charge in [0.25, 0.3) is 0 Å². The number of ether oxygens (including phenoxy) is 2. The maximum Gasteiger partial charge on any atom is 0.328 e. The normalized spacial score (nSPS) is 11.5. The van der Waals surface area contributed by atoms with Crippen LogP contribution in [0.4, 0.5) is 5.82 Å². The minimum Gasteiger partial charge on any atom is -0.489 e. The SMILES string of the molecule is CCCC[C@@H](Nc1cc(Cl)ncn1)C(=O)OCCc1cccc(COc2ccc(B(C)O)cc2)c1. The highest BCUT2D eigenvalue weighted by atomic mass is 35.5. The highest BCUT2D eigenvalue weighted by molar-refractivity contribution is 6.64. The molecule has 1 atom stereocenters. The molecule has 0 saturated carbocycles. The number of esters is 1. The summed E-state index contributed by atoms with van der Waals surface area (Å²) in [7, 11) is 0. The van der Waals surface area contributed by atoms with Crippen LogP contribution >= 0.6 is 11.6 Å². The Morgan fingerprint density at radius 3 is 2.63 bits per heavy atom. The first-order valence-corrected chi connectivity index (χ1v) is 12.2. The number of benzene rings is 2. The number of anilines is 1. The number of aromatic nitrogens is 2. The summed E-state index contributed by atoms with van der Waals surface area (Å²) >= 11 is 5.93. The summed E-state index contributed by atoms with van der Waals surface area (Å²) in [6.45, 7) is 4.00. The summed E-state index contributed by atoms with van der Waals surface area (Å²) in [4.78, 5) is 20.7. The molecule has 1 aromatic heterocycles. The van der Waals surface area contributed by atoms with Crippen LogP contribution in [0.1, 0.15) is 37.3 Å². The van der Waals surface area contributed by atoms with Gasteiger partial charge < -0.3 is 19.8 Å². The van der Waals surface area contributed by atoms with Gasteiger partial charge in [-0.15, -0.1) is 0 Å². The largest absolute Gasteiger partial charge is 0.489 e. The zero-order valence-corrected chi connectivity index (χ0v) is 20.9. The Bertz CT molecular complexity index is 1080. The number of nitrogens with one attached hydrogen (secondary N) is 1. The van der Waals surface area contributed by atoms with Crippen LogP contribution in [-0.4, -0.2) is 40.5 Å². The van der Waals surface area contributed by atoms with Gasteiger partial charge in [-0.2, -0.15) is 0 Å². The smallest absolute Gasteiger partial charge is 0.328 e. The van der Waals surface area contributed by atoms with Crippen LogP contribution in [-0.2, 0) is 22.6 Å². The third-order valence-electron chi connectivity index (χ3n) is 5.48. The van der Waals surface area contributed by atoms with Crippen molar-refractivity contribution in [3.05, 3.63) is 77.2 Å². The van der Waals surface area contributed by atoms with E-state index in [1.54, 1.807) is 12.9 Å². The average molecular weight is 496 g/mol. The predicted molar refractivity (Wildman–Crippen MR) is 139 cm³/mol. The first-order valence-electron chi connectivity index (χ1n) is 11.8. The molecule has 1 heterocycles. The molecule has 2 N–H and O–H groups in total. The second-order valence-corrected chi connectivity index (χ2v) is 8.72. The molecule has 3 aromatic rings. The van der Waals surface area contributed by atoms with Crippen LogP contribution < -0.4 is 15.5 Å². The summed E-state index contributed by atoms with van der Waals surface area (Å²) in [5.74, 6) is 0.925. The van der Waals surface area contributed by atoms with Crippen LogP contribution in [0.15, 0.2) is 60.9 Å². The van der Waals surface area contributed by atoms with Crippen LogP contribution in [0, 0.1) is 0 Å². The first kappa shape index (κ1) is 26.5. The van der Waals surface area contributed by atoms with Crippen LogP contribution in [0.5, 0.6) is 5.75 Å². The van der Waals surface area contributed by atoms with Gasteiger partial charge >= 0.3 is 12.9 Å². The molecule has 3 rings (SSSR count). The molecule has 0 saturated heterocycles. The molecule has 0 spiro atoms. The molecule has 0 bridgehead atoms. The summed E-state index contributed by atoms with van der Waals surface area (Å²) in [5.41, 5.74) is 2.93. The number of hydrogen-bond acceptors (Lipinski definition) is 7. The molecule has 184 valence electrons. The van der Waals surface area contributed by atoms with E-state index >= 15 is 0 Å². The van der Waals surface area contributed by atoms with Crippen molar-refractivity contribution in [1.82, 2.24) is 9.97 Å². The van der Waals surface area contributed by atoms with Crippen LogP contribution in [0.3, 0.4) is 0 Å². The molecule has 0 fully saturated rings. The monoisotopic (exact) mass is 495 g/mol.